The summed E-state index contributed by atoms with van der Waals surface area (Å²) >= 11 is 12.5. The zero-order chi connectivity index (χ0) is 39.6. The number of aromatic nitrogens is 8. The second-order valence-corrected chi connectivity index (χ2v) is 16.9. The molecule has 4 aromatic heterocycles. The van der Waals surface area contributed by atoms with Crippen LogP contribution in [0.4, 0.5) is 0 Å². The predicted octanol–water partition coefficient (Wildman–Crippen LogP) is 10.0. The topological polar surface area (TPSA) is 112 Å². The van der Waals surface area contributed by atoms with Crippen molar-refractivity contribution in [2.45, 2.75) is 116 Å². The van der Waals surface area contributed by atoms with Crippen LogP contribution in [-0.4, -0.2) is 75.6 Å². The number of fused-ring (bicyclic) bond motifs is 6. The molecule has 6 heterocycles. The van der Waals surface area contributed by atoms with Crippen molar-refractivity contribution < 1.29 is 9.47 Å². The molecular weight excluding hydrogens is 795 g/mol. The Hall–Kier alpha value is -4.88. The summed E-state index contributed by atoms with van der Waals surface area (Å²) in [5.74, 6) is 6.30. The highest BCUT2D eigenvalue weighted by Crippen LogP contribution is 2.38. The monoisotopic (exact) mass is 850 g/mol. The Bertz CT molecular complexity index is 2160. The Kier molecular flexibility index (Phi) is 13.8. The van der Waals surface area contributed by atoms with Crippen LogP contribution in [0.2, 0.25) is 10.0 Å². The van der Waals surface area contributed by atoms with E-state index in [1.165, 1.54) is 11.1 Å². The van der Waals surface area contributed by atoms with Crippen molar-refractivity contribution in [1.82, 2.24) is 49.3 Å². The Labute approximate surface area is 363 Å². The van der Waals surface area contributed by atoms with Gasteiger partial charge >= 0.3 is 0 Å². The van der Waals surface area contributed by atoms with E-state index in [4.69, 9.17) is 32.7 Å². The molecule has 6 aromatic rings. The molecule has 14 heteroatoms. The smallest absolute Gasteiger partial charge is 0.213 e. The average Bonchev–Trinajstić information content (AvgIpc) is 3.76. The molecular formula is C46H56Cl2N10O2. The number of nitrogens with zero attached hydrogens (tertiary/aromatic N) is 10. The van der Waals surface area contributed by atoms with Crippen molar-refractivity contribution in [3.05, 3.63) is 130 Å². The molecule has 2 aliphatic heterocycles. The Morgan fingerprint density at radius 3 is 1.32 bits per heavy atom. The van der Waals surface area contributed by atoms with Crippen molar-refractivity contribution >= 4 is 23.2 Å². The van der Waals surface area contributed by atoms with E-state index in [-0.39, 0.29) is 27.1 Å². The molecule has 10 rings (SSSR count). The van der Waals surface area contributed by atoms with E-state index in [9.17, 15) is 0 Å². The van der Waals surface area contributed by atoms with Gasteiger partial charge in [-0.3, -0.25) is 18.9 Å². The van der Waals surface area contributed by atoms with Gasteiger partial charge in [0.1, 0.15) is 23.9 Å². The maximum Gasteiger partial charge on any atom is 0.213 e. The lowest BCUT2D eigenvalue weighted by Crippen LogP contribution is -2.25. The van der Waals surface area contributed by atoms with Crippen molar-refractivity contribution in [2.24, 2.45) is 0 Å². The zero-order valence-corrected chi connectivity index (χ0v) is 34.4. The third-order valence-corrected chi connectivity index (χ3v) is 12.2. The first-order valence-corrected chi connectivity index (χ1v) is 21.1. The van der Waals surface area contributed by atoms with Gasteiger partial charge in [-0.15, -0.1) is 20.4 Å². The van der Waals surface area contributed by atoms with Gasteiger partial charge < -0.3 is 9.47 Å². The van der Waals surface area contributed by atoms with E-state index in [1.807, 2.05) is 48.5 Å². The molecule has 60 heavy (non-hydrogen) atoms. The Balaban J connectivity index is 0.000000176. The third-order valence-electron chi connectivity index (χ3n) is 11.7. The molecule has 0 amide bonds. The molecule has 316 valence electrons. The van der Waals surface area contributed by atoms with Gasteiger partial charge in [0, 0.05) is 59.5 Å². The highest BCUT2D eigenvalue weighted by molar-refractivity contribution is 6.31. The second-order valence-electron chi connectivity index (χ2n) is 16.0. The van der Waals surface area contributed by atoms with E-state index < -0.39 is 0 Å². The summed E-state index contributed by atoms with van der Waals surface area (Å²) in [7, 11) is 4.21. The molecule has 0 bridgehead atoms. The first-order chi connectivity index (χ1) is 28.3. The minimum atomic E-state index is 0. The van der Waals surface area contributed by atoms with Crippen LogP contribution in [0.5, 0.6) is 11.8 Å². The lowest BCUT2D eigenvalue weighted by molar-refractivity contribution is 0.138. The number of hydrogen-bond donors (Lipinski definition) is 0. The fraction of sp³-hybridized carbons (Fsp3) is 0.435. The molecule has 2 aliphatic carbocycles. The second kappa shape index (κ2) is 19.2. The van der Waals surface area contributed by atoms with Crippen LogP contribution in [0.25, 0.3) is 11.4 Å². The number of ether oxygens (including phenoxy) is 2. The lowest BCUT2D eigenvalue weighted by atomic mass is 9.86. The van der Waals surface area contributed by atoms with Gasteiger partial charge in [-0.2, -0.15) is 0 Å². The zero-order valence-electron chi connectivity index (χ0n) is 32.9. The molecule has 0 radical (unpaired) electrons. The van der Waals surface area contributed by atoms with Crippen LogP contribution in [0.15, 0.2) is 85.2 Å². The summed E-state index contributed by atoms with van der Waals surface area (Å²) < 4.78 is 16.7. The van der Waals surface area contributed by atoms with Gasteiger partial charge in [-0.1, -0.05) is 50.2 Å². The summed E-state index contributed by atoms with van der Waals surface area (Å²) in [5.41, 5.74) is 4.74. The predicted molar refractivity (Wildman–Crippen MR) is 236 cm³/mol. The standard InChI is InChI=1S/2C22H24ClN5O.2CH4/c2*1-27-13-16-12-17(23)7-10-19(16)28-20(14-27)25-26-22(28)15-5-8-18(9-6-15)29-21-4-2-3-11-24-21;;/h2*2-4,7,10-12,15,18H,5-6,8-9,13-14H2,1H3;2*1H4. The SMILES string of the molecule is C.C.CN1Cc2cc(Cl)ccc2-n2c(nnc2C2CCC(Oc3ccccn3)CC2)C1.CN1Cc2cc(Cl)ccc2-n2c(nnc2C2CCC(Oc3ccccn3)CC2)C1. The molecule has 12 nitrogen and oxygen atoms in total. The van der Waals surface area contributed by atoms with Crippen LogP contribution in [0, 0.1) is 0 Å². The molecule has 0 atom stereocenters. The first-order valence-electron chi connectivity index (χ1n) is 20.3. The summed E-state index contributed by atoms with van der Waals surface area (Å²) in [6, 6.07) is 23.8. The molecule has 0 spiro atoms. The highest BCUT2D eigenvalue weighted by atomic mass is 35.5. The van der Waals surface area contributed by atoms with E-state index in [1.54, 1.807) is 12.4 Å². The van der Waals surface area contributed by atoms with Crippen LogP contribution < -0.4 is 9.47 Å². The minimum Gasteiger partial charge on any atom is -0.474 e. The molecule has 4 aliphatic rings. The minimum absolute atomic E-state index is 0. The van der Waals surface area contributed by atoms with Gasteiger partial charge in [-0.25, -0.2) is 9.97 Å². The van der Waals surface area contributed by atoms with Gasteiger partial charge in [0.25, 0.3) is 0 Å². The summed E-state index contributed by atoms with van der Waals surface area (Å²) in [6.07, 6.45) is 12.1. The fourth-order valence-corrected chi connectivity index (χ4v) is 9.34. The number of pyridine rings is 2. The summed E-state index contributed by atoms with van der Waals surface area (Å²) in [5, 5.41) is 19.9. The maximum atomic E-state index is 6.27. The number of rotatable bonds is 6. The van der Waals surface area contributed by atoms with Crippen LogP contribution >= 0.6 is 23.2 Å². The van der Waals surface area contributed by atoms with E-state index in [2.05, 4.69) is 87.7 Å². The van der Waals surface area contributed by atoms with Crippen LogP contribution in [-0.2, 0) is 26.2 Å². The third kappa shape index (κ3) is 9.52. The molecule has 2 saturated carbocycles. The lowest BCUT2D eigenvalue weighted by Gasteiger charge is -2.28. The average molecular weight is 852 g/mol. The van der Waals surface area contributed by atoms with Crippen molar-refractivity contribution in [3.63, 3.8) is 0 Å². The Morgan fingerprint density at radius 2 is 0.933 bits per heavy atom. The van der Waals surface area contributed by atoms with Gasteiger partial charge in [0.05, 0.1) is 24.5 Å². The number of hydrogen-bond acceptors (Lipinski definition) is 10. The van der Waals surface area contributed by atoms with E-state index >= 15 is 0 Å². The highest BCUT2D eigenvalue weighted by Gasteiger charge is 2.32. The Morgan fingerprint density at radius 1 is 0.517 bits per heavy atom. The molecule has 2 aromatic carbocycles. The van der Waals surface area contributed by atoms with Crippen molar-refractivity contribution in [1.29, 1.82) is 0 Å². The van der Waals surface area contributed by atoms with Crippen LogP contribution in [0.1, 0.15) is 112 Å². The van der Waals surface area contributed by atoms with Crippen molar-refractivity contribution in [3.8, 4) is 23.1 Å². The molecule has 2 fully saturated rings. The van der Waals surface area contributed by atoms with E-state index in [0.29, 0.717) is 23.6 Å². The van der Waals surface area contributed by atoms with Crippen LogP contribution in [0.3, 0.4) is 0 Å². The van der Waals surface area contributed by atoms with Crippen molar-refractivity contribution in [2.75, 3.05) is 14.1 Å². The quantitative estimate of drug-likeness (QED) is 0.161. The maximum absolute atomic E-state index is 6.27. The summed E-state index contributed by atoms with van der Waals surface area (Å²) in [6.45, 7) is 3.25. The normalized spacial score (nSPS) is 21.1. The summed E-state index contributed by atoms with van der Waals surface area (Å²) in [4.78, 5) is 13.1. The van der Waals surface area contributed by atoms with Gasteiger partial charge in [0.15, 0.2) is 11.6 Å². The first kappa shape index (κ1) is 43.2. The van der Waals surface area contributed by atoms with E-state index in [0.717, 1.165) is 122 Å². The largest absolute Gasteiger partial charge is 0.474 e. The fourth-order valence-electron chi connectivity index (χ4n) is 8.95. The van der Waals surface area contributed by atoms with Gasteiger partial charge in [-0.05, 0) is 125 Å². The van der Waals surface area contributed by atoms with Gasteiger partial charge in [0.2, 0.25) is 11.8 Å². The number of benzene rings is 2. The molecule has 0 saturated heterocycles. The number of halogens is 2. The molecule has 0 N–H and O–H groups in total. The molecule has 0 unspecified atom stereocenters.